The molecular weight excluding hydrogens is 230 g/mol. The molecule has 1 heterocycles. The molecule has 0 bridgehead atoms. The van der Waals surface area contributed by atoms with Crippen molar-refractivity contribution in [2.75, 3.05) is 5.73 Å². The van der Waals surface area contributed by atoms with Crippen LogP contribution >= 0.6 is 0 Å². The quantitative estimate of drug-likeness (QED) is 0.858. The Balaban J connectivity index is 3.32. The molecule has 0 aliphatic rings. The van der Waals surface area contributed by atoms with Gasteiger partial charge in [-0.25, -0.2) is 14.8 Å². The minimum atomic E-state index is -1.08. The Morgan fingerprint density at radius 3 is 2.00 bits per heavy atom. The number of anilines is 1. The third-order valence-electron chi connectivity index (χ3n) is 3.08. The molecular formula is C13H21N3O2. The predicted molar refractivity (Wildman–Crippen MR) is 70.6 cm³/mol. The van der Waals surface area contributed by atoms with Crippen LogP contribution in [0.4, 0.5) is 5.82 Å². The number of nitrogens with two attached hydrogens (primary N) is 1. The fourth-order valence-corrected chi connectivity index (χ4v) is 2.40. The molecule has 0 aliphatic carbocycles. The van der Waals surface area contributed by atoms with Crippen LogP contribution < -0.4 is 5.73 Å². The number of nitrogens with zero attached hydrogens (tertiary/aromatic N) is 2. The lowest BCUT2D eigenvalue weighted by molar-refractivity contribution is 0.0696. The summed E-state index contributed by atoms with van der Waals surface area (Å²) in [7, 11) is 0. The number of aromatic nitrogens is 2. The van der Waals surface area contributed by atoms with E-state index < -0.39 is 5.97 Å². The van der Waals surface area contributed by atoms with Crippen molar-refractivity contribution in [3.8, 4) is 0 Å². The van der Waals surface area contributed by atoms with E-state index in [1.165, 1.54) is 0 Å². The summed E-state index contributed by atoms with van der Waals surface area (Å²) in [5.74, 6) is 0.534. The molecule has 0 atom stereocenters. The highest BCUT2D eigenvalue weighted by molar-refractivity contribution is 5.93. The Bertz CT molecular complexity index is 425. The Morgan fingerprint density at radius 1 is 1.17 bits per heavy atom. The van der Waals surface area contributed by atoms with Gasteiger partial charge in [-0.2, -0.15) is 0 Å². The molecule has 100 valence electrons. The average molecular weight is 251 g/mol. The van der Waals surface area contributed by atoms with E-state index in [0.717, 1.165) is 0 Å². The Hall–Kier alpha value is -1.65. The third kappa shape index (κ3) is 2.78. The van der Waals surface area contributed by atoms with E-state index in [-0.39, 0.29) is 17.3 Å². The number of hydrogen-bond acceptors (Lipinski definition) is 4. The number of carboxylic acid groups (broad SMARTS) is 1. The summed E-state index contributed by atoms with van der Waals surface area (Å²) in [6, 6.07) is 0. The van der Waals surface area contributed by atoms with Crippen LogP contribution in [-0.4, -0.2) is 21.0 Å². The van der Waals surface area contributed by atoms with Gasteiger partial charge in [0, 0.05) is 5.92 Å². The molecule has 0 fully saturated rings. The summed E-state index contributed by atoms with van der Waals surface area (Å²) in [4.78, 5) is 19.5. The largest absolute Gasteiger partial charge is 0.477 e. The summed E-state index contributed by atoms with van der Waals surface area (Å²) in [6.45, 7) is 10.1. The highest BCUT2D eigenvalue weighted by Crippen LogP contribution is 2.30. The van der Waals surface area contributed by atoms with Gasteiger partial charge in [0.05, 0.1) is 5.69 Å². The second kappa shape index (κ2) is 5.33. The van der Waals surface area contributed by atoms with Crippen molar-refractivity contribution in [3.05, 3.63) is 17.1 Å². The number of aromatic carboxylic acids is 1. The molecule has 0 saturated heterocycles. The molecule has 18 heavy (non-hydrogen) atoms. The summed E-state index contributed by atoms with van der Waals surface area (Å²) in [5, 5.41) is 9.03. The summed E-state index contributed by atoms with van der Waals surface area (Å²) >= 11 is 0. The van der Waals surface area contributed by atoms with Crippen molar-refractivity contribution in [1.82, 2.24) is 9.97 Å². The maximum absolute atomic E-state index is 11.0. The number of nitrogen functional groups attached to an aromatic ring is 1. The highest BCUT2D eigenvalue weighted by atomic mass is 16.4. The van der Waals surface area contributed by atoms with Gasteiger partial charge in [-0.05, 0) is 18.8 Å². The van der Waals surface area contributed by atoms with Crippen LogP contribution in [0.1, 0.15) is 55.5 Å². The van der Waals surface area contributed by atoms with Crippen molar-refractivity contribution < 1.29 is 9.90 Å². The molecule has 0 aromatic carbocycles. The van der Waals surface area contributed by atoms with E-state index in [1.54, 1.807) is 6.92 Å². The third-order valence-corrected chi connectivity index (χ3v) is 3.08. The first-order valence-corrected chi connectivity index (χ1v) is 6.13. The average Bonchev–Trinajstić information content (AvgIpc) is 2.13. The zero-order chi connectivity index (χ0) is 14.0. The normalized spacial score (nSPS) is 11.6. The molecule has 0 saturated carbocycles. The van der Waals surface area contributed by atoms with E-state index in [0.29, 0.717) is 23.4 Å². The van der Waals surface area contributed by atoms with E-state index in [9.17, 15) is 4.79 Å². The molecule has 0 amide bonds. The fraction of sp³-hybridized carbons (Fsp3) is 0.615. The smallest absolute Gasteiger partial charge is 0.341 e. The number of aryl methyl sites for hydroxylation is 1. The van der Waals surface area contributed by atoms with Gasteiger partial charge >= 0.3 is 5.97 Å². The molecule has 0 radical (unpaired) electrons. The van der Waals surface area contributed by atoms with E-state index in [2.05, 4.69) is 37.7 Å². The first-order valence-electron chi connectivity index (χ1n) is 6.13. The minimum Gasteiger partial charge on any atom is -0.477 e. The number of rotatable bonds is 4. The number of carboxylic acids is 1. The molecule has 1 aromatic heterocycles. The summed E-state index contributed by atoms with van der Waals surface area (Å²) in [6.07, 6.45) is 0. The van der Waals surface area contributed by atoms with E-state index in [4.69, 9.17) is 10.8 Å². The minimum absolute atomic E-state index is 0.00464. The topological polar surface area (TPSA) is 89.1 Å². The van der Waals surface area contributed by atoms with Gasteiger partial charge in [0.1, 0.15) is 17.2 Å². The molecule has 1 rings (SSSR count). The van der Waals surface area contributed by atoms with Crippen LogP contribution in [0.5, 0.6) is 0 Å². The van der Waals surface area contributed by atoms with Gasteiger partial charge in [0.25, 0.3) is 0 Å². The maximum Gasteiger partial charge on any atom is 0.341 e. The van der Waals surface area contributed by atoms with Crippen LogP contribution in [0, 0.1) is 18.8 Å². The molecule has 3 N–H and O–H groups in total. The first-order chi connectivity index (χ1) is 8.25. The molecule has 0 spiro atoms. The van der Waals surface area contributed by atoms with Crippen LogP contribution in [0.2, 0.25) is 0 Å². The van der Waals surface area contributed by atoms with Gasteiger partial charge in [-0.1, -0.05) is 27.7 Å². The second-order valence-corrected chi connectivity index (χ2v) is 5.25. The lowest BCUT2D eigenvalue weighted by Gasteiger charge is -2.24. The van der Waals surface area contributed by atoms with Crippen molar-refractivity contribution in [3.63, 3.8) is 0 Å². The second-order valence-electron chi connectivity index (χ2n) is 5.25. The van der Waals surface area contributed by atoms with E-state index in [1.807, 2.05) is 0 Å². The Morgan fingerprint density at radius 2 is 1.67 bits per heavy atom. The van der Waals surface area contributed by atoms with Crippen molar-refractivity contribution in [2.45, 2.75) is 40.5 Å². The van der Waals surface area contributed by atoms with Gasteiger partial charge < -0.3 is 10.8 Å². The van der Waals surface area contributed by atoms with Crippen LogP contribution in [0.3, 0.4) is 0 Å². The maximum atomic E-state index is 11.0. The zero-order valence-corrected chi connectivity index (χ0v) is 11.6. The Labute approximate surface area is 107 Å². The lowest BCUT2D eigenvalue weighted by Crippen LogP contribution is -2.20. The highest BCUT2D eigenvalue weighted by Gasteiger charge is 2.25. The summed E-state index contributed by atoms with van der Waals surface area (Å²) in [5.41, 5.74) is 6.16. The SMILES string of the molecule is Cc1nc(C(C(C)C)C(C)C)nc(N)c1C(=O)O. The monoisotopic (exact) mass is 251 g/mol. The Kier molecular flexibility index (Phi) is 4.27. The van der Waals surface area contributed by atoms with Crippen LogP contribution in [-0.2, 0) is 0 Å². The van der Waals surface area contributed by atoms with Gasteiger partial charge in [0.15, 0.2) is 0 Å². The first kappa shape index (κ1) is 14.4. The van der Waals surface area contributed by atoms with Crippen molar-refractivity contribution in [1.29, 1.82) is 0 Å². The van der Waals surface area contributed by atoms with Crippen molar-refractivity contribution >= 4 is 11.8 Å². The lowest BCUT2D eigenvalue weighted by atomic mass is 9.85. The van der Waals surface area contributed by atoms with Gasteiger partial charge in [-0.3, -0.25) is 0 Å². The molecule has 0 aliphatic heterocycles. The summed E-state index contributed by atoms with van der Waals surface area (Å²) < 4.78 is 0. The number of hydrogen-bond donors (Lipinski definition) is 2. The zero-order valence-electron chi connectivity index (χ0n) is 11.6. The van der Waals surface area contributed by atoms with Crippen molar-refractivity contribution in [2.24, 2.45) is 11.8 Å². The van der Waals surface area contributed by atoms with Crippen LogP contribution in [0.25, 0.3) is 0 Å². The standard InChI is InChI=1S/C13H21N3O2/c1-6(2)9(7(3)4)12-15-8(5)10(13(17)18)11(14)16-12/h6-7,9H,1-5H3,(H,17,18)(H2,14,15,16). The van der Waals surface area contributed by atoms with Crippen LogP contribution in [0.15, 0.2) is 0 Å². The molecule has 1 aromatic rings. The van der Waals surface area contributed by atoms with E-state index >= 15 is 0 Å². The molecule has 0 unspecified atom stereocenters. The van der Waals surface area contributed by atoms with Gasteiger partial charge in [-0.15, -0.1) is 0 Å². The predicted octanol–water partition coefficient (Wildman–Crippen LogP) is 2.46. The molecule has 5 nitrogen and oxygen atoms in total. The van der Waals surface area contributed by atoms with Gasteiger partial charge in [0.2, 0.25) is 0 Å². The molecule has 5 heteroatoms. The number of carbonyl (C=O) groups is 1. The fourth-order valence-electron chi connectivity index (χ4n) is 2.40.